The van der Waals surface area contributed by atoms with Gasteiger partial charge in [-0.15, -0.1) is 0 Å². The number of rotatable bonds is 4. The Kier molecular flexibility index (Phi) is 3.83. The van der Waals surface area contributed by atoms with Crippen molar-refractivity contribution in [3.8, 4) is 0 Å². The van der Waals surface area contributed by atoms with Gasteiger partial charge in [-0.2, -0.15) is 0 Å². The number of anilines is 1. The zero-order valence-corrected chi connectivity index (χ0v) is 12.8. The molecule has 0 aliphatic carbocycles. The van der Waals surface area contributed by atoms with Gasteiger partial charge in [-0.05, 0) is 31.0 Å². The molecule has 4 rings (SSSR count). The maximum Gasteiger partial charge on any atom is 0.140 e. The van der Waals surface area contributed by atoms with Gasteiger partial charge in [0.15, 0.2) is 0 Å². The van der Waals surface area contributed by atoms with Crippen LogP contribution in [0.15, 0.2) is 30.6 Å². The maximum absolute atomic E-state index is 12.2. The summed E-state index contributed by atoms with van der Waals surface area (Å²) < 4.78 is 17.7. The minimum absolute atomic E-state index is 0.171. The fourth-order valence-electron chi connectivity index (χ4n) is 3.25. The number of aromatic amines is 1. The van der Waals surface area contributed by atoms with Gasteiger partial charge in [-0.25, -0.2) is 9.37 Å². The third kappa shape index (κ3) is 2.74. The molecule has 0 atom stereocenters. The second-order valence-electron chi connectivity index (χ2n) is 5.86. The second kappa shape index (κ2) is 6.12. The van der Waals surface area contributed by atoms with E-state index in [0.717, 1.165) is 53.7 Å². The van der Waals surface area contributed by atoms with Crippen LogP contribution in [0.4, 0.5) is 10.2 Å². The van der Waals surface area contributed by atoms with Gasteiger partial charge in [-0.1, -0.05) is 0 Å². The molecule has 0 aromatic carbocycles. The van der Waals surface area contributed by atoms with E-state index < -0.39 is 6.67 Å². The molecule has 4 heterocycles. The molecule has 120 valence electrons. The van der Waals surface area contributed by atoms with Crippen molar-refractivity contribution in [3.63, 3.8) is 0 Å². The van der Waals surface area contributed by atoms with Gasteiger partial charge < -0.3 is 14.6 Å². The average molecular weight is 314 g/mol. The van der Waals surface area contributed by atoms with E-state index in [4.69, 9.17) is 9.72 Å². The Morgan fingerprint density at radius 3 is 2.91 bits per heavy atom. The van der Waals surface area contributed by atoms with Crippen LogP contribution in [-0.4, -0.2) is 47.4 Å². The summed E-state index contributed by atoms with van der Waals surface area (Å²) in [4.78, 5) is 14.6. The summed E-state index contributed by atoms with van der Waals surface area (Å²) in [7, 11) is 0. The summed E-state index contributed by atoms with van der Waals surface area (Å²) in [6.45, 7) is 1.57. The SMILES string of the molecule is FCCOC1CCN(c2ccc3c(n2)[nH]c2ccncc23)CC1. The molecule has 1 fully saturated rings. The quantitative estimate of drug-likeness (QED) is 0.804. The summed E-state index contributed by atoms with van der Waals surface area (Å²) in [5, 5.41) is 2.19. The lowest BCUT2D eigenvalue weighted by Gasteiger charge is -2.32. The highest BCUT2D eigenvalue weighted by molar-refractivity contribution is 6.05. The molecule has 0 radical (unpaired) electrons. The molecular formula is C17H19FN4O. The fraction of sp³-hybridized carbons (Fsp3) is 0.412. The average Bonchev–Trinajstić information content (AvgIpc) is 2.98. The van der Waals surface area contributed by atoms with Crippen molar-refractivity contribution in [2.75, 3.05) is 31.3 Å². The van der Waals surface area contributed by atoms with Crippen molar-refractivity contribution in [2.45, 2.75) is 18.9 Å². The fourth-order valence-corrected chi connectivity index (χ4v) is 3.25. The molecule has 0 spiro atoms. The van der Waals surface area contributed by atoms with Crippen molar-refractivity contribution in [1.29, 1.82) is 0 Å². The lowest BCUT2D eigenvalue weighted by Crippen LogP contribution is -2.37. The van der Waals surface area contributed by atoms with Gasteiger partial charge in [0.25, 0.3) is 0 Å². The van der Waals surface area contributed by atoms with Crippen LogP contribution in [0.1, 0.15) is 12.8 Å². The minimum Gasteiger partial charge on any atom is -0.375 e. The molecule has 1 aliphatic rings. The molecule has 5 nitrogen and oxygen atoms in total. The van der Waals surface area contributed by atoms with E-state index in [1.54, 1.807) is 6.20 Å². The van der Waals surface area contributed by atoms with Crippen molar-refractivity contribution < 1.29 is 9.13 Å². The first-order chi connectivity index (χ1) is 11.3. The molecule has 0 unspecified atom stereocenters. The number of nitrogens with one attached hydrogen (secondary N) is 1. The predicted octanol–water partition coefficient (Wildman–Crippen LogP) is 3.07. The highest BCUT2D eigenvalue weighted by atomic mass is 19.1. The van der Waals surface area contributed by atoms with E-state index >= 15 is 0 Å². The predicted molar refractivity (Wildman–Crippen MR) is 88.6 cm³/mol. The number of halogens is 1. The second-order valence-corrected chi connectivity index (χ2v) is 5.86. The van der Waals surface area contributed by atoms with E-state index in [-0.39, 0.29) is 12.7 Å². The van der Waals surface area contributed by atoms with Crippen molar-refractivity contribution in [3.05, 3.63) is 30.6 Å². The Balaban J connectivity index is 1.54. The van der Waals surface area contributed by atoms with Crippen LogP contribution in [0.5, 0.6) is 0 Å². The zero-order chi connectivity index (χ0) is 15.6. The number of H-pyrrole nitrogens is 1. The number of piperidine rings is 1. The molecule has 3 aromatic rings. The first-order valence-corrected chi connectivity index (χ1v) is 8.00. The van der Waals surface area contributed by atoms with Gasteiger partial charge in [0, 0.05) is 36.3 Å². The molecule has 1 N–H and O–H groups in total. The van der Waals surface area contributed by atoms with Crippen molar-refractivity contribution >= 4 is 27.8 Å². The Hall–Kier alpha value is -2.21. The summed E-state index contributed by atoms with van der Waals surface area (Å²) in [6, 6.07) is 6.12. The minimum atomic E-state index is -0.409. The highest BCUT2D eigenvalue weighted by Gasteiger charge is 2.21. The van der Waals surface area contributed by atoms with Crippen LogP contribution in [-0.2, 0) is 4.74 Å². The first kappa shape index (κ1) is 14.4. The van der Waals surface area contributed by atoms with Gasteiger partial charge in [0.2, 0.25) is 0 Å². The topological polar surface area (TPSA) is 54.0 Å². The molecular weight excluding hydrogens is 295 g/mol. The smallest absolute Gasteiger partial charge is 0.140 e. The molecule has 0 bridgehead atoms. The van der Waals surface area contributed by atoms with E-state index in [0.29, 0.717) is 0 Å². The van der Waals surface area contributed by atoms with Gasteiger partial charge in [-0.3, -0.25) is 4.98 Å². The molecule has 3 aromatic heterocycles. The number of hydrogen-bond donors (Lipinski definition) is 1. The molecule has 0 amide bonds. The van der Waals surface area contributed by atoms with E-state index in [9.17, 15) is 4.39 Å². The maximum atomic E-state index is 12.2. The standard InChI is InChI=1S/C17H19FN4O/c18-6-10-23-12-4-8-22(9-5-12)16-2-1-13-14-11-19-7-3-15(14)20-17(13)21-16/h1-3,7,11-12H,4-6,8-10H2,(H,20,21). The van der Waals surface area contributed by atoms with E-state index in [1.807, 2.05) is 12.3 Å². The number of ether oxygens (including phenoxy) is 1. The van der Waals surface area contributed by atoms with Crippen LogP contribution in [0.3, 0.4) is 0 Å². The van der Waals surface area contributed by atoms with Crippen LogP contribution >= 0.6 is 0 Å². The molecule has 6 heteroatoms. The summed E-state index contributed by atoms with van der Waals surface area (Å²) >= 11 is 0. The number of aromatic nitrogens is 3. The van der Waals surface area contributed by atoms with Crippen LogP contribution in [0.25, 0.3) is 21.9 Å². The van der Waals surface area contributed by atoms with Crippen LogP contribution in [0, 0.1) is 0 Å². The molecule has 0 saturated carbocycles. The summed E-state index contributed by atoms with van der Waals surface area (Å²) in [6.07, 6.45) is 5.64. The Labute approximate surface area is 133 Å². The molecule has 1 saturated heterocycles. The Morgan fingerprint density at radius 1 is 1.22 bits per heavy atom. The van der Waals surface area contributed by atoms with Gasteiger partial charge >= 0.3 is 0 Å². The lowest BCUT2D eigenvalue weighted by atomic mass is 10.1. The first-order valence-electron chi connectivity index (χ1n) is 8.00. The monoisotopic (exact) mass is 314 g/mol. The Morgan fingerprint density at radius 2 is 2.09 bits per heavy atom. The van der Waals surface area contributed by atoms with Crippen LogP contribution in [0.2, 0.25) is 0 Å². The number of fused-ring (bicyclic) bond motifs is 3. The highest BCUT2D eigenvalue weighted by Crippen LogP contribution is 2.27. The lowest BCUT2D eigenvalue weighted by molar-refractivity contribution is 0.0293. The molecule has 23 heavy (non-hydrogen) atoms. The van der Waals surface area contributed by atoms with E-state index in [1.165, 1.54) is 0 Å². The zero-order valence-electron chi connectivity index (χ0n) is 12.8. The summed E-state index contributed by atoms with van der Waals surface area (Å²) in [5.41, 5.74) is 1.94. The number of pyridine rings is 2. The van der Waals surface area contributed by atoms with Crippen LogP contribution < -0.4 is 4.90 Å². The Bertz CT molecular complexity index is 811. The normalized spacial score (nSPS) is 16.5. The number of alkyl halides is 1. The van der Waals surface area contributed by atoms with Gasteiger partial charge in [0.05, 0.1) is 18.2 Å². The summed E-state index contributed by atoms with van der Waals surface area (Å²) in [5.74, 6) is 0.973. The third-order valence-corrected chi connectivity index (χ3v) is 4.44. The number of hydrogen-bond acceptors (Lipinski definition) is 4. The largest absolute Gasteiger partial charge is 0.375 e. The van der Waals surface area contributed by atoms with Crippen molar-refractivity contribution in [1.82, 2.24) is 15.0 Å². The van der Waals surface area contributed by atoms with E-state index in [2.05, 4.69) is 27.0 Å². The molecule has 1 aliphatic heterocycles. The van der Waals surface area contributed by atoms with Gasteiger partial charge in [0.1, 0.15) is 18.1 Å². The number of nitrogens with zero attached hydrogens (tertiary/aromatic N) is 3. The van der Waals surface area contributed by atoms with Crippen molar-refractivity contribution in [2.24, 2.45) is 0 Å². The third-order valence-electron chi connectivity index (χ3n) is 4.44.